The molecule has 86 valence electrons. The number of halogens is 1. The summed E-state index contributed by atoms with van der Waals surface area (Å²) in [6.45, 7) is 2.29. The highest BCUT2D eigenvalue weighted by atomic mass is 35.5. The maximum absolute atomic E-state index is 10.7. The number of nitrogens with two attached hydrogens (primary N) is 1. The van der Waals surface area contributed by atoms with E-state index in [1.807, 2.05) is 18.4 Å². The van der Waals surface area contributed by atoms with Gasteiger partial charge in [-0.2, -0.15) is 0 Å². The molecule has 4 nitrogen and oxygen atoms in total. The first-order valence-electron chi connectivity index (χ1n) is 4.36. The molecule has 0 radical (unpaired) electrons. The molecular weight excluding hydrogens is 256 g/mol. The molecular formula is C8H13ClN2O2S2. The highest BCUT2D eigenvalue weighted by Crippen LogP contribution is 2.24. The molecule has 15 heavy (non-hydrogen) atoms. The first-order valence-corrected chi connectivity index (χ1v) is 7.33. The average Bonchev–Trinajstić information content (AvgIpc) is 2.49. The number of hydrogen-bond acceptors (Lipinski definition) is 4. The van der Waals surface area contributed by atoms with Gasteiger partial charge in [-0.15, -0.1) is 11.3 Å². The third-order valence-electron chi connectivity index (χ3n) is 1.92. The summed E-state index contributed by atoms with van der Waals surface area (Å²) in [4.78, 5) is 0. The van der Waals surface area contributed by atoms with Crippen molar-refractivity contribution in [2.45, 2.75) is 13.0 Å². The van der Waals surface area contributed by atoms with Crippen LogP contribution in [0.25, 0.3) is 0 Å². The summed E-state index contributed by atoms with van der Waals surface area (Å²) in [6, 6.07) is 1.94. The van der Waals surface area contributed by atoms with Crippen LogP contribution in [0.1, 0.15) is 18.5 Å². The standard InChI is InChI=1S/C8H13ClN2O2S2/c1-6(7-4-8(9)14-5-7)11-2-3-15(10,12)13/h4-6,11H,2-3H2,1H3,(H2,10,12,13). The predicted molar refractivity (Wildman–Crippen MR) is 63.7 cm³/mol. The third-order valence-corrected chi connectivity index (χ3v) is 3.81. The molecule has 1 atom stereocenters. The minimum Gasteiger partial charge on any atom is -0.309 e. The quantitative estimate of drug-likeness (QED) is 0.847. The SMILES string of the molecule is CC(NCCS(N)(=O)=O)c1csc(Cl)c1. The highest BCUT2D eigenvalue weighted by molar-refractivity contribution is 7.89. The van der Waals surface area contributed by atoms with Crippen LogP contribution in [0.2, 0.25) is 4.34 Å². The Labute approximate surface area is 98.5 Å². The van der Waals surface area contributed by atoms with Gasteiger partial charge in [-0.1, -0.05) is 11.6 Å². The molecule has 0 bridgehead atoms. The van der Waals surface area contributed by atoms with Gasteiger partial charge in [0.05, 0.1) is 10.1 Å². The van der Waals surface area contributed by atoms with Crippen molar-refractivity contribution in [2.75, 3.05) is 12.3 Å². The highest BCUT2D eigenvalue weighted by Gasteiger charge is 2.08. The van der Waals surface area contributed by atoms with Crippen molar-refractivity contribution in [2.24, 2.45) is 5.14 Å². The van der Waals surface area contributed by atoms with Crippen molar-refractivity contribution < 1.29 is 8.42 Å². The zero-order valence-corrected chi connectivity index (χ0v) is 10.6. The molecule has 0 aliphatic heterocycles. The summed E-state index contributed by atoms with van der Waals surface area (Å²) in [5.74, 6) is -0.0603. The molecule has 1 aromatic rings. The van der Waals surface area contributed by atoms with E-state index in [4.69, 9.17) is 16.7 Å². The van der Waals surface area contributed by atoms with Gasteiger partial charge < -0.3 is 5.32 Å². The Morgan fingerprint density at radius 1 is 1.67 bits per heavy atom. The molecule has 1 heterocycles. The zero-order valence-electron chi connectivity index (χ0n) is 8.23. The number of primary sulfonamides is 1. The molecule has 0 saturated carbocycles. The van der Waals surface area contributed by atoms with Crippen LogP contribution in [0.15, 0.2) is 11.4 Å². The van der Waals surface area contributed by atoms with Crippen molar-refractivity contribution in [3.05, 3.63) is 21.3 Å². The van der Waals surface area contributed by atoms with E-state index in [2.05, 4.69) is 5.32 Å². The Morgan fingerprint density at radius 2 is 2.33 bits per heavy atom. The Morgan fingerprint density at radius 3 is 2.80 bits per heavy atom. The summed E-state index contributed by atoms with van der Waals surface area (Å²) in [5.41, 5.74) is 1.06. The van der Waals surface area contributed by atoms with E-state index in [1.54, 1.807) is 0 Å². The average molecular weight is 269 g/mol. The zero-order chi connectivity index (χ0) is 11.5. The lowest BCUT2D eigenvalue weighted by molar-refractivity contribution is 0.574. The number of hydrogen-bond donors (Lipinski definition) is 2. The number of rotatable bonds is 5. The Kier molecular flexibility index (Phi) is 4.54. The molecule has 0 aliphatic rings. The largest absolute Gasteiger partial charge is 0.309 e. The lowest BCUT2D eigenvalue weighted by Crippen LogP contribution is -2.28. The van der Waals surface area contributed by atoms with Crippen molar-refractivity contribution in [1.29, 1.82) is 0 Å². The van der Waals surface area contributed by atoms with Crippen molar-refractivity contribution in [3.63, 3.8) is 0 Å². The van der Waals surface area contributed by atoms with E-state index in [9.17, 15) is 8.42 Å². The molecule has 0 saturated heterocycles. The van der Waals surface area contributed by atoms with Crippen LogP contribution < -0.4 is 10.5 Å². The van der Waals surface area contributed by atoms with Gasteiger partial charge in [0, 0.05) is 12.6 Å². The van der Waals surface area contributed by atoms with Gasteiger partial charge in [-0.3, -0.25) is 0 Å². The van der Waals surface area contributed by atoms with Gasteiger partial charge in [0.15, 0.2) is 0 Å². The van der Waals surface area contributed by atoms with Crippen LogP contribution >= 0.6 is 22.9 Å². The van der Waals surface area contributed by atoms with Crippen LogP contribution in [-0.2, 0) is 10.0 Å². The summed E-state index contributed by atoms with van der Waals surface area (Å²) >= 11 is 7.24. The van der Waals surface area contributed by atoms with Gasteiger partial charge in [0.2, 0.25) is 10.0 Å². The normalized spacial score (nSPS) is 14.1. The molecule has 1 unspecified atom stereocenters. The van der Waals surface area contributed by atoms with Gasteiger partial charge in [-0.05, 0) is 23.9 Å². The molecule has 0 fully saturated rings. The van der Waals surface area contributed by atoms with E-state index in [-0.39, 0.29) is 11.8 Å². The van der Waals surface area contributed by atoms with Crippen LogP contribution in [0.5, 0.6) is 0 Å². The predicted octanol–water partition coefficient (Wildman–Crippen LogP) is 1.34. The molecule has 1 aromatic heterocycles. The molecule has 0 aromatic carbocycles. The van der Waals surface area contributed by atoms with Crippen LogP contribution in [-0.4, -0.2) is 20.7 Å². The van der Waals surface area contributed by atoms with Crippen LogP contribution in [0.3, 0.4) is 0 Å². The van der Waals surface area contributed by atoms with E-state index >= 15 is 0 Å². The number of nitrogens with one attached hydrogen (secondary N) is 1. The summed E-state index contributed by atoms with van der Waals surface area (Å²) in [5, 5.41) is 9.88. The summed E-state index contributed by atoms with van der Waals surface area (Å²) in [7, 11) is -3.38. The van der Waals surface area contributed by atoms with Crippen molar-refractivity contribution >= 4 is 33.0 Å². The smallest absolute Gasteiger partial charge is 0.210 e. The molecule has 0 aliphatic carbocycles. The lowest BCUT2D eigenvalue weighted by Gasteiger charge is -2.11. The van der Waals surface area contributed by atoms with Crippen LogP contribution in [0, 0.1) is 0 Å². The van der Waals surface area contributed by atoms with E-state index in [1.165, 1.54) is 11.3 Å². The fourth-order valence-corrected chi connectivity index (χ4v) is 2.47. The topological polar surface area (TPSA) is 72.2 Å². The maximum Gasteiger partial charge on any atom is 0.210 e. The van der Waals surface area contributed by atoms with Crippen LogP contribution in [0.4, 0.5) is 0 Å². The van der Waals surface area contributed by atoms with Crippen molar-refractivity contribution in [1.82, 2.24) is 5.32 Å². The molecule has 0 amide bonds. The lowest BCUT2D eigenvalue weighted by atomic mass is 10.2. The summed E-state index contributed by atoms with van der Waals surface area (Å²) in [6.07, 6.45) is 0. The number of sulfonamides is 1. The first-order chi connectivity index (χ1) is 6.88. The monoisotopic (exact) mass is 268 g/mol. The van der Waals surface area contributed by atoms with E-state index in [0.717, 1.165) is 9.90 Å². The maximum atomic E-state index is 10.7. The van der Waals surface area contributed by atoms with Gasteiger partial charge in [0.25, 0.3) is 0 Å². The third kappa shape index (κ3) is 4.94. The van der Waals surface area contributed by atoms with E-state index in [0.29, 0.717) is 6.54 Å². The second-order valence-electron chi connectivity index (χ2n) is 3.23. The Bertz CT molecular complexity index is 416. The summed E-state index contributed by atoms with van der Waals surface area (Å²) < 4.78 is 22.1. The van der Waals surface area contributed by atoms with Gasteiger partial charge in [0.1, 0.15) is 0 Å². The van der Waals surface area contributed by atoms with Gasteiger partial charge in [-0.25, -0.2) is 13.6 Å². The van der Waals surface area contributed by atoms with E-state index < -0.39 is 10.0 Å². The Balaban J connectivity index is 2.40. The van der Waals surface area contributed by atoms with Crippen molar-refractivity contribution in [3.8, 4) is 0 Å². The molecule has 7 heteroatoms. The fourth-order valence-electron chi connectivity index (χ4n) is 1.09. The second kappa shape index (κ2) is 5.27. The minimum absolute atomic E-state index is 0.0603. The number of thiophene rings is 1. The Hall–Kier alpha value is -0.140. The van der Waals surface area contributed by atoms with Gasteiger partial charge >= 0.3 is 0 Å². The molecule has 0 spiro atoms. The second-order valence-corrected chi connectivity index (χ2v) is 6.50. The molecule has 1 rings (SSSR count). The molecule has 3 N–H and O–H groups in total. The first kappa shape index (κ1) is 12.9. The minimum atomic E-state index is -3.38. The fraction of sp³-hybridized carbons (Fsp3) is 0.500.